The lowest BCUT2D eigenvalue weighted by molar-refractivity contribution is -0.133. The van der Waals surface area contributed by atoms with Crippen molar-refractivity contribution in [3.8, 4) is 11.5 Å². The van der Waals surface area contributed by atoms with E-state index in [1.807, 2.05) is 24.0 Å². The Bertz CT molecular complexity index is 992. The van der Waals surface area contributed by atoms with Crippen molar-refractivity contribution >= 4 is 11.8 Å². The van der Waals surface area contributed by atoms with Crippen molar-refractivity contribution in [2.45, 2.75) is 19.9 Å². The fraction of sp³-hybridized carbons (Fsp3) is 0.500. The molecule has 0 spiro atoms. The third kappa shape index (κ3) is 6.00. The summed E-state index contributed by atoms with van der Waals surface area (Å²) in [7, 11) is 1.59. The molecule has 1 saturated heterocycles. The highest BCUT2D eigenvalue weighted by atomic mass is 16.7. The number of benzene rings is 1. The second kappa shape index (κ2) is 11.3. The van der Waals surface area contributed by atoms with Gasteiger partial charge in [-0.05, 0) is 24.6 Å². The van der Waals surface area contributed by atoms with Gasteiger partial charge in [0.15, 0.2) is 11.5 Å². The van der Waals surface area contributed by atoms with Crippen molar-refractivity contribution < 1.29 is 23.8 Å². The molecule has 10 heteroatoms. The van der Waals surface area contributed by atoms with E-state index in [1.165, 1.54) is 6.20 Å². The molecule has 2 amide bonds. The van der Waals surface area contributed by atoms with Crippen molar-refractivity contribution in [2.24, 2.45) is 0 Å². The van der Waals surface area contributed by atoms with Crippen LogP contribution >= 0.6 is 0 Å². The number of aromatic nitrogens is 2. The minimum absolute atomic E-state index is 0.0490. The van der Waals surface area contributed by atoms with Crippen LogP contribution in [-0.4, -0.2) is 96.3 Å². The van der Waals surface area contributed by atoms with Crippen molar-refractivity contribution in [2.75, 3.05) is 59.8 Å². The van der Waals surface area contributed by atoms with Gasteiger partial charge in [-0.1, -0.05) is 6.07 Å². The number of fused-ring (bicyclic) bond motifs is 1. The molecule has 2 aliphatic heterocycles. The molecule has 4 rings (SSSR count). The number of ether oxygens (including phenoxy) is 3. The zero-order valence-electron chi connectivity index (χ0n) is 19.7. The fourth-order valence-electron chi connectivity index (χ4n) is 4.02. The first kappa shape index (κ1) is 23.9. The quantitative estimate of drug-likeness (QED) is 0.543. The summed E-state index contributed by atoms with van der Waals surface area (Å²) in [6.07, 6.45) is 3.30. The molecule has 3 heterocycles. The van der Waals surface area contributed by atoms with Gasteiger partial charge in [-0.25, -0.2) is 4.98 Å². The van der Waals surface area contributed by atoms with Crippen molar-refractivity contribution in [1.82, 2.24) is 24.7 Å². The largest absolute Gasteiger partial charge is 0.454 e. The first-order valence-electron chi connectivity index (χ1n) is 11.5. The number of amides is 2. The lowest BCUT2D eigenvalue weighted by atomic mass is 10.1. The standard InChI is InChI=1S/C24H31N5O5/c1-18-14-26-20(15-25-18)24(31)29(11-12-32-2)6-5-23(30)28-9-7-27(8-10-28)16-19-3-4-21-22(13-19)34-17-33-21/h3-4,13-15H,5-12,16-17H2,1-2H3. The summed E-state index contributed by atoms with van der Waals surface area (Å²) in [6.45, 7) is 6.90. The van der Waals surface area contributed by atoms with E-state index < -0.39 is 0 Å². The molecule has 34 heavy (non-hydrogen) atoms. The highest BCUT2D eigenvalue weighted by molar-refractivity contribution is 5.92. The van der Waals surface area contributed by atoms with Crippen LogP contribution in [0.3, 0.4) is 0 Å². The molecule has 1 aromatic carbocycles. The van der Waals surface area contributed by atoms with Crippen LogP contribution in [0.5, 0.6) is 11.5 Å². The van der Waals surface area contributed by atoms with Gasteiger partial charge in [0, 0.05) is 65.5 Å². The summed E-state index contributed by atoms with van der Waals surface area (Å²) < 4.78 is 16.0. The minimum Gasteiger partial charge on any atom is -0.454 e. The molecular weight excluding hydrogens is 438 g/mol. The molecule has 1 aromatic heterocycles. The highest BCUT2D eigenvalue weighted by Crippen LogP contribution is 2.32. The number of piperazine rings is 1. The van der Waals surface area contributed by atoms with Crippen LogP contribution in [0.2, 0.25) is 0 Å². The van der Waals surface area contributed by atoms with E-state index in [1.54, 1.807) is 18.2 Å². The Kier molecular flexibility index (Phi) is 7.91. The molecule has 10 nitrogen and oxygen atoms in total. The lowest BCUT2D eigenvalue weighted by Crippen LogP contribution is -2.49. The predicted octanol–water partition coefficient (Wildman–Crippen LogP) is 1.34. The number of carbonyl (C=O) groups is 2. The molecule has 182 valence electrons. The van der Waals surface area contributed by atoms with E-state index in [-0.39, 0.29) is 30.7 Å². The average molecular weight is 470 g/mol. The van der Waals surface area contributed by atoms with E-state index in [0.29, 0.717) is 32.8 Å². The predicted molar refractivity (Wildman–Crippen MR) is 124 cm³/mol. The van der Waals surface area contributed by atoms with Crippen LogP contribution < -0.4 is 9.47 Å². The Morgan fingerprint density at radius 1 is 1.06 bits per heavy atom. The van der Waals surface area contributed by atoms with Crippen molar-refractivity contribution in [3.63, 3.8) is 0 Å². The zero-order valence-corrected chi connectivity index (χ0v) is 19.7. The molecule has 0 radical (unpaired) electrons. The van der Waals surface area contributed by atoms with E-state index in [0.717, 1.165) is 42.4 Å². The highest BCUT2D eigenvalue weighted by Gasteiger charge is 2.24. The molecule has 0 N–H and O–H groups in total. The van der Waals surface area contributed by atoms with Crippen LogP contribution in [0.25, 0.3) is 0 Å². The number of hydrogen-bond donors (Lipinski definition) is 0. The first-order chi connectivity index (χ1) is 16.5. The van der Waals surface area contributed by atoms with Crippen LogP contribution in [0.15, 0.2) is 30.6 Å². The normalized spacial score (nSPS) is 15.4. The van der Waals surface area contributed by atoms with Gasteiger partial charge in [0.05, 0.1) is 18.5 Å². The smallest absolute Gasteiger partial charge is 0.274 e. The monoisotopic (exact) mass is 469 g/mol. The number of hydrogen-bond acceptors (Lipinski definition) is 8. The van der Waals surface area contributed by atoms with Crippen LogP contribution in [0.4, 0.5) is 0 Å². The van der Waals surface area contributed by atoms with Crippen molar-refractivity contribution in [1.29, 1.82) is 0 Å². The van der Waals surface area contributed by atoms with Crippen molar-refractivity contribution in [3.05, 3.63) is 47.5 Å². The zero-order chi connectivity index (χ0) is 23.9. The van der Waals surface area contributed by atoms with E-state index in [4.69, 9.17) is 14.2 Å². The van der Waals surface area contributed by atoms with Crippen LogP contribution in [-0.2, 0) is 16.1 Å². The Labute approximate surface area is 199 Å². The summed E-state index contributed by atoms with van der Waals surface area (Å²) in [6, 6.07) is 6.01. The van der Waals surface area contributed by atoms with Gasteiger partial charge >= 0.3 is 0 Å². The van der Waals surface area contributed by atoms with Gasteiger partial charge in [-0.15, -0.1) is 0 Å². The Balaban J connectivity index is 1.25. The van der Waals surface area contributed by atoms with Crippen LogP contribution in [0.1, 0.15) is 28.2 Å². The average Bonchev–Trinajstić information content (AvgIpc) is 3.32. The van der Waals surface area contributed by atoms with Gasteiger partial charge in [-0.3, -0.25) is 19.5 Å². The lowest BCUT2D eigenvalue weighted by Gasteiger charge is -2.35. The summed E-state index contributed by atoms with van der Waals surface area (Å²) >= 11 is 0. The van der Waals surface area contributed by atoms with E-state index in [2.05, 4.69) is 20.9 Å². The Morgan fingerprint density at radius 2 is 1.85 bits per heavy atom. The first-order valence-corrected chi connectivity index (χ1v) is 11.5. The van der Waals surface area contributed by atoms with Gasteiger partial charge in [0.2, 0.25) is 12.7 Å². The van der Waals surface area contributed by atoms with Gasteiger partial charge in [0.25, 0.3) is 5.91 Å². The maximum absolute atomic E-state index is 12.9. The maximum atomic E-state index is 12.9. The van der Waals surface area contributed by atoms with Gasteiger partial charge in [-0.2, -0.15) is 0 Å². The topological polar surface area (TPSA) is 97.3 Å². The second-order valence-corrected chi connectivity index (χ2v) is 8.42. The summed E-state index contributed by atoms with van der Waals surface area (Å²) in [4.78, 5) is 39.8. The molecule has 0 bridgehead atoms. The third-order valence-electron chi connectivity index (χ3n) is 6.02. The molecular formula is C24H31N5O5. The molecule has 0 unspecified atom stereocenters. The molecule has 2 aliphatic rings. The third-order valence-corrected chi connectivity index (χ3v) is 6.02. The van der Waals surface area contributed by atoms with Crippen LogP contribution in [0, 0.1) is 6.92 Å². The summed E-state index contributed by atoms with van der Waals surface area (Å²) in [5.41, 5.74) is 2.18. The number of nitrogens with zero attached hydrogens (tertiary/aromatic N) is 5. The minimum atomic E-state index is -0.245. The van der Waals surface area contributed by atoms with Gasteiger partial charge in [0.1, 0.15) is 5.69 Å². The Morgan fingerprint density at radius 3 is 2.59 bits per heavy atom. The van der Waals surface area contributed by atoms with E-state index >= 15 is 0 Å². The molecule has 2 aromatic rings. The number of carbonyl (C=O) groups excluding carboxylic acids is 2. The summed E-state index contributed by atoms with van der Waals surface area (Å²) in [5, 5.41) is 0. The molecule has 0 saturated carbocycles. The fourth-order valence-corrected chi connectivity index (χ4v) is 4.02. The number of rotatable bonds is 9. The number of methoxy groups -OCH3 is 1. The molecule has 1 fully saturated rings. The second-order valence-electron chi connectivity index (χ2n) is 8.42. The van der Waals surface area contributed by atoms with E-state index in [9.17, 15) is 9.59 Å². The number of aryl methyl sites for hydroxylation is 1. The molecule has 0 atom stereocenters. The Hall–Kier alpha value is -3.24. The maximum Gasteiger partial charge on any atom is 0.274 e. The van der Waals surface area contributed by atoms with Gasteiger partial charge < -0.3 is 24.0 Å². The molecule has 0 aliphatic carbocycles. The summed E-state index contributed by atoms with van der Waals surface area (Å²) in [5.74, 6) is 1.38. The SMILES string of the molecule is COCCN(CCC(=O)N1CCN(Cc2ccc3c(c2)OCO3)CC1)C(=O)c1cnc(C)cn1.